The summed E-state index contributed by atoms with van der Waals surface area (Å²) in [5.41, 5.74) is 6.54. The van der Waals surface area contributed by atoms with Crippen LogP contribution in [0.1, 0.15) is 73.1 Å². The van der Waals surface area contributed by atoms with Gasteiger partial charge in [-0.25, -0.2) is 9.48 Å². The molecule has 1 N–H and O–H groups in total. The second-order valence-corrected chi connectivity index (χ2v) is 10.4. The number of carbonyl (C=O) groups is 1. The Labute approximate surface area is 218 Å². The van der Waals surface area contributed by atoms with Crippen LogP contribution in [0.3, 0.4) is 0 Å². The highest BCUT2D eigenvalue weighted by Crippen LogP contribution is 2.39. The van der Waals surface area contributed by atoms with Crippen molar-refractivity contribution < 1.29 is 4.79 Å². The Kier molecular flexibility index (Phi) is 6.33. The number of nitrogens with one attached hydrogen (secondary N) is 1. The molecular formula is C31H35N5O. The number of aryl methyl sites for hydroxylation is 2. The quantitative estimate of drug-likeness (QED) is 0.354. The zero-order valence-electron chi connectivity index (χ0n) is 21.7. The Balaban J connectivity index is 1.53. The molecule has 1 saturated carbocycles. The fraction of sp³-hybridized carbons (Fsp3) is 0.355. The lowest BCUT2D eigenvalue weighted by Crippen LogP contribution is -2.46. The average Bonchev–Trinajstić information content (AvgIpc) is 3.51. The summed E-state index contributed by atoms with van der Waals surface area (Å²) < 4.78 is 4.29. The maximum atomic E-state index is 14.1. The van der Waals surface area contributed by atoms with Gasteiger partial charge in [-0.15, -0.1) is 0 Å². The van der Waals surface area contributed by atoms with Gasteiger partial charge < -0.3 is 14.8 Å². The van der Waals surface area contributed by atoms with Gasteiger partial charge in [0.1, 0.15) is 5.82 Å². The molecule has 2 aliphatic rings. The van der Waals surface area contributed by atoms with Crippen molar-refractivity contribution in [3.63, 3.8) is 0 Å². The first kappa shape index (κ1) is 23.6. The first-order valence-corrected chi connectivity index (χ1v) is 13.6. The number of carbonyl (C=O) groups excluding carboxylic acids is 1. The van der Waals surface area contributed by atoms with Gasteiger partial charge in [0.2, 0.25) is 0 Å². The predicted octanol–water partition coefficient (Wildman–Crippen LogP) is 6.48. The van der Waals surface area contributed by atoms with Crippen LogP contribution in [-0.4, -0.2) is 31.3 Å². The summed E-state index contributed by atoms with van der Waals surface area (Å²) in [5, 5.41) is 8.47. The van der Waals surface area contributed by atoms with Crippen LogP contribution in [-0.2, 0) is 13.0 Å². The van der Waals surface area contributed by atoms with Crippen molar-refractivity contribution in [3.8, 4) is 11.5 Å². The maximum absolute atomic E-state index is 14.1. The lowest BCUT2D eigenvalue weighted by molar-refractivity contribution is 0.173. The first-order valence-electron chi connectivity index (χ1n) is 13.6. The Morgan fingerprint density at radius 3 is 2.57 bits per heavy atom. The number of amides is 2. The van der Waals surface area contributed by atoms with Gasteiger partial charge in [0.15, 0.2) is 0 Å². The van der Waals surface area contributed by atoms with E-state index in [1.165, 1.54) is 24.8 Å². The third-order valence-electron chi connectivity index (χ3n) is 7.86. The molecule has 190 valence electrons. The molecule has 3 heterocycles. The highest BCUT2D eigenvalue weighted by atomic mass is 16.2. The van der Waals surface area contributed by atoms with E-state index in [0.717, 1.165) is 53.3 Å². The summed E-state index contributed by atoms with van der Waals surface area (Å²) in [6.45, 7) is 4.76. The van der Waals surface area contributed by atoms with E-state index < -0.39 is 0 Å². The van der Waals surface area contributed by atoms with Gasteiger partial charge >= 0.3 is 6.03 Å². The second-order valence-electron chi connectivity index (χ2n) is 10.4. The first-order chi connectivity index (χ1) is 18.1. The van der Waals surface area contributed by atoms with Crippen LogP contribution in [0.5, 0.6) is 0 Å². The average molecular weight is 494 g/mol. The molecule has 1 aliphatic carbocycles. The van der Waals surface area contributed by atoms with E-state index in [4.69, 9.17) is 5.10 Å². The fourth-order valence-electron chi connectivity index (χ4n) is 6.04. The zero-order valence-corrected chi connectivity index (χ0v) is 21.7. The maximum Gasteiger partial charge on any atom is 0.318 e. The van der Waals surface area contributed by atoms with E-state index in [0.29, 0.717) is 6.54 Å². The predicted molar refractivity (Wildman–Crippen MR) is 146 cm³/mol. The fourth-order valence-corrected chi connectivity index (χ4v) is 6.04. The van der Waals surface area contributed by atoms with Crippen LogP contribution in [0.4, 0.5) is 4.79 Å². The molecule has 2 amide bonds. The lowest BCUT2D eigenvalue weighted by atomic mass is 9.95. The van der Waals surface area contributed by atoms with E-state index in [1.54, 1.807) is 0 Å². The molecule has 6 heteroatoms. The van der Waals surface area contributed by atoms with Crippen LogP contribution in [0.15, 0.2) is 72.9 Å². The zero-order chi connectivity index (χ0) is 25.4. The Bertz CT molecular complexity index is 1400. The molecule has 2 aromatic heterocycles. The monoisotopic (exact) mass is 493 g/mol. The van der Waals surface area contributed by atoms with E-state index in [-0.39, 0.29) is 18.1 Å². The molecule has 37 heavy (non-hydrogen) atoms. The number of benzene rings is 2. The summed E-state index contributed by atoms with van der Waals surface area (Å²) in [7, 11) is 0. The van der Waals surface area contributed by atoms with Crippen molar-refractivity contribution in [1.29, 1.82) is 0 Å². The number of hydrogen-bond acceptors (Lipinski definition) is 2. The number of fused-ring (bicyclic) bond motifs is 3. The van der Waals surface area contributed by atoms with E-state index >= 15 is 0 Å². The Hall–Kier alpha value is -3.80. The summed E-state index contributed by atoms with van der Waals surface area (Å²) in [5.74, 6) is 1.02. The molecule has 1 atom stereocenters. The molecule has 0 saturated heterocycles. The molecule has 4 aromatic rings. The van der Waals surface area contributed by atoms with Crippen molar-refractivity contribution in [2.75, 3.05) is 0 Å². The summed E-state index contributed by atoms with van der Waals surface area (Å²) in [6, 6.07) is 23.1. The van der Waals surface area contributed by atoms with Gasteiger partial charge in [0.05, 0.1) is 29.7 Å². The number of nitrogens with zero attached hydrogens (tertiary/aromatic N) is 4. The molecular weight excluding hydrogens is 458 g/mol. The lowest BCUT2D eigenvalue weighted by Gasteiger charge is -2.33. The van der Waals surface area contributed by atoms with E-state index in [9.17, 15) is 4.79 Å². The van der Waals surface area contributed by atoms with E-state index in [1.807, 2.05) is 27.8 Å². The van der Waals surface area contributed by atoms with Crippen molar-refractivity contribution in [1.82, 2.24) is 24.6 Å². The Morgan fingerprint density at radius 2 is 1.81 bits per heavy atom. The molecule has 0 spiro atoms. The highest BCUT2D eigenvalue weighted by molar-refractivity contribution is 5.76. The Morgan fingerprint density at radius 1 is 1.00 bits per heavy atom. The van der Waals surface area contributed by atoms with Crippen molar-refractivity contribution in [2.24, 2.45) is 0 Å². The molecule has 0 radical (unpaired) electrons. The number of para-hydroxylation sites is 1. The van der Waals surface area contributed by atoms with Gasteiger partial charge in [-0.05, 0) is 56.0 Å². The minimum Gasteiger partial charge on any atom is -0.335 e. The normalized spacial score (nSPS) is 17.7. The van der Waals surface area contributed by atoms with Crippen LogP contribution in [0.2, 0.25) is 0 Å². The smallest absolute Gasteiger partial charge is 0.318 e. The minimum atomic E-state index is -0.208. The second kappa shape index (κ2) is 9.92. The van der Waals surface area contributed by atoms with E-state index in [2.05, 4.69) is 78.5 Å². The number of hydrogen-bond donors (Lipinski definition) is 1. The summed E-state index contributed by atoms with van der Waals surface area (Å²) >= 11 is 0. The molecule has 6 rings (SSSR count). The van der Waals surface area contributed by atoms with Gasteiger partial charge in [-0.2, -0.15) is 5.10 Å². The van der Waals surface area contributed by atoms with Crippen LogP contribution < -0.4 is 5.32 Å². The molecule has 2 aromatic carbocycles. The van der Waals surface area contributed by atoms with Crippen LogP contribution >= 0.6 is 0 Å². The SMILES string of the molecule is CCc1nn(-c2ccccc2)c2c1CN(C(=O)NC1CCCCC1)[C@@H](c1cccc(C)c1)c1cccn1-2. The topological polar surface area (TPSA) is 55.1 Å². The van der Waals surface area contributed by atoms with Crippen LogP contribution in [0.25, 0.3) is 11.5 Å². The minimum absolute atomic E-state index is 0.00789. The molecule has 1 aliphatic heterocycles. The van der Waals surface area contributed by atoms with Crippen LogP contribution in [0, 0.1) is 6.92 Å². The molecule has 0 bridgehead atoms. The summed E-state index contributed by atoms with van der Waals surface area (Å²) in [6.07, 6.45) is 8.65. The summed E-state index contributed by atoms with van der Waals surface area (Å²) in [4.78, 5) is 16.1. The number of aromatic nitrogens is 3. The van der Waals surface area contributed by atoms with Crippen molar-refractivity contribution in [3.05, 3.63) is 101 Å². The van der Waals surface area contributed by atoms with Gasteiger partial charge in [-0.1, -0.05) is 74.2 Å². The van der Waals surface area contributed by atoms with Crippen molar-refractivity contribution in [2.45, 2.75) is 71.0 Å². The third-order valence-corrected chi connectivity index (χ3v) is 7.86. The standard InChI is InChI=1S/C31H35N5O/c1-3-27-26-21-35(31(37)32-24-14-6-4-7-15-24)29(23-13-10-12-22(2)20-23)28-18-11-19-34(28)30(26)36(33-27)25-16-8-5-9-17-25/h5,8-13,16-20,24,29H,3-4,6-7,14-15,21H2,1-2H3,(H,32,37)/t29-/m0/s1. The van der Waals surface area contributed by atoms with Crippen molar-refractivity contribution >= 4 is 6.03 Å². The number of rotatable bonds is 4. The molecule has 0 unspecified atom stereocenters. The molecule has 6 nitrogen and oxygen atoms in total. The number of urea groups is 1. The molecule has 1 fully saturated rings. The van der Waals surface area contributed by atoms with Gasteiger partial charge in [-0.3, -0.25) is 0 Å². The van der Waals surface area contributed by atoms with Gasteiger partial charge in [0, 0.05) is 17.8 Å². The van der Waals surface area contributed by atoms with Gasteiger partial charge in [0.25, 0.3) is 0 Å². The third kappa shape index (κ3) is 4.35. The highest BCUT2D eigenvalue weighted by Gasteiger charge is 2.37. The largest absolute Gasteiger partial charge is 0.335 e.